The maximum atomic E-state index is 4.49. The summed E-state index contributed by atoms with van der Waals surface area (Å²) >= 11 is 0. The van der Waals surface area contributed by atoms with Crippen LogP contribution in [0.15, 0.2) is 0 Å². The molecular formula is C13H20N4. The molecule has 2 aliphatic carbocycles. The van der Waals surface area contributed by atoms with Crippen molar-refractivity contribution in [2.45, 2.75) is 51.1 Å². The molecule has 2 heterocycles. The number of hydrogen-bond donors (Lipinski definition) is 1. The summed E-state index contributed by atoms with van der Waals surface area (Å²) in [5, 5.41) is 12.6. The highest BCUT2D eigenvalue weighted by atomic mass is 15.3. The second-order valence-corrected chi connectivity index (χ2v) is 5.96. The van der Waals surface area contributed by atoms with Crippen molar-refractivity contribution in [3.8, 4) is 0 Å². The number of nitrogens with one attached hydrogen (secondary N) is 1. The quantitative estimate of drug-likeness (QED) is 0.864. The molecule has 0 saturated heterocycles. The number of fused-ring (bicyclic) bond motifs is 1. The molecule has 2 atom stereocenters. The van der Waals surface area contributed by atoms with Crippen LogP contribution in [0, 0.1) is 11.8 Å². The number of aromatic nitrogens is 3. The first-order valence-corrected chi connectivity index (χ1v) is 7.01. The number of hydrogen-bond acceptors (Lipinski definition) is 3. The Kier molecular flexibility index (Phi) is 2.10. The van der Waals surface area contributed by atoms with Gasteiger partial charge in [-0.3, -0.25) is 0 Å². The molecule has 0 bridgehead atoms. The van der Waals surface area contributed by atoms with E-state index < -0.39 is 0 Å². The monoisotopic (exact) mass is 232 g/mol. The van der Waals surface area contributed by atoms with Crippen LogP contribution in [-0.4, -0.2) is 21.3 Å². The first kappa shape index (κ1) is 10.1. The van der Waals surface area contributed by atoms with Crippen molar-refractivity contribution in [3.63, 3.8) is 0 Å². The van der Waals surface area contributed by atoms with Crippen LogP contribution in [0.2, 0.25) is 0 Å². The molecule has 2 fully saturated rings. The third-order valence-corrected chi connectivity index (χ3v) is 4.62. The minimum Gasteiger partial charge on any atom is -0.312 e. The Bertz CT molecular complexity index is 417. The molecule has 0 amide bonds. The fourth-order valence-electron chi connectivity index (χ4n) is 3.16. The Morgan fingerprint density at radius 1 is 1.24 bits per heavy atom. The molecule has 1 aliphatic heterocycles. The van der Waals surface area contributed by atoms with Gasteiger partial charge in [-0.1, -0.05) is 6.92 Å². The summed E-state index contributed by atoms with van der Waals surface area (Å²) in [6.07, 6.45) is 5.48. The zero-order chi connectivity index (χ0) is 11.4. The lowest BCUT2D eigenvalue weighted by molar-refractivity contribution is 0.372. The van der Waals surface area contributed by atoms with Crippen molar-refractivity contribution in [2.24, 2.45) is 11.8 Å². The third kappa shape index (κ3) is 1.61. The minimum atomic E-state index is 0.483. The fourth-order valence-corrected chi connectivity index (χ4v) is 3.16. The van der Waals surface area contributed by atoms with E-state index >= 15 is 0 Å². The van der Waals surface area contributed by atoms with Gasteiger partial charge >= 0.3 is 0 Å². The van der Waals surface area contributed by atoms with Gasteiger partial charge in [0.1, 0.15) is 5.82 Å². The first-order valence-electron chi connectivity index (χ1n) is 7.01. The molecule has 1 aromatic heterocycles. The van der Waals surface area contributed by atoms with Crippen LogP contribution in [0.25, 0.3) is 0 Å². The van der Waals surface area contributed by atoms with E-state index in [1.165, 1.54) is 37.3 Å². The summed E-state index contributed by atoms with van der Waals surface area (Å²) in [6, 6.07) is 0.483. The molecule has 2 unspecified atom stereocenters. The van der Waals surface area contributed by atoms with E-state index in [2.05, 4.69) is 27.0 Å². The minimum absolute atomic E-state index is 0.483. The molecule has 4 heteroatoms. The molecule has 92 valence electrons. The highest BCUT2D eigenvalue weighted by molar-refractivity contribution is 5.12. The van der Waals surface area contributed by atoms with Gasteiger partial charge in [0.25, 0.3) is 0 Å². The highest BCUT2D eigenvalue weighted by Crippen LogP contribution is 2.44. The molecule has 17 heavy (non-hydrogen) atoms. The third-order valence-electron chi connectivity index (χ3n) is 4.62. The van der Waals surface area contributed by atoms with E-state index in [0.717, 1.165) is 24.9 Å². The van der Waals surface area contributed by atoms with Gasteiger partial charge in [0.05, 0.1) is 6.04 Å². The SMILES string of the molecule is CC(c1nnc2n1CCNC2C1CC1)C1CC1. The van der Waals surface area contributed by atoms with Crippen LogP contribution < -0.4 is 5.32 Å². The lowest BCUT2D eigenvalue weighted by atomic mass is 10.0. The molecule has 3 aliphatic rings. The van der Waals surface area contributed by atoms with Gasteiger partial charge < -0.3 is 9.88 Å². The predicted octanol–water partition coefficient (Wildman–Crippen LogP) is 1.85. The molecule has 2 saturated carbocycles. The van der Waals surface area contributed by atoms with Crippen molar-refractivity contribution in [3.05, 3.63) is 11.6 Å². The summed E-state index contributed by atoms with van der Waals surface area (Å²) in [6.45, 7) is 4.46. The second-order valence-electron chi connectivity index (χ2n) is 5.96. The van der Waals surface area contributed by atoms with Gasteiger partial charge in [-0.2, -0.15) is 0 Å². The average Bonchev–Trinajstić information content (AvgIpc) is 3.23. The summed E-state index contributed by atoms with van der Waals surface area (Å²) in [5.41, 5.74) is 0. The Morgan fingerprint density at radius 3 is 2.76 bits per heavy atom. The predicted molar refractivity (Wildman–Crippen MR) is 64.6 cm³/mol. The molecule has 0 spiro atoms. The Hall–Kier alpha value is -0.900. The van der Waals surface area contributed by atoms with Crippen LogP contribution in [-0.2, 0) is 6.54 Å². The van der Waals surface area contributed by atoms with Crippen molar-refractivity contribution in [1.29, 1.82) is 0 Å². The van der Waals surface area contributed by atoms with E-state index in [4.69, 9.17) is 0 Å². The van der Waals surface area contributed by atoms with Crippen molar-refractivity contribution < 1.29 is 0 Å². The number of nitrogens with zero attached hydrogens (tertiary/aromatic N) is 3. The lowest BCUT2D eigenvalue weighted by Gasteiger charge is -2.26. The average molecular weight is 232 g/mol. The lowest BCUT2D eigenvalue weighted by Crippen LogP contribution is -2.35. The van der Waals surface area contributed by atoms with Crippen LogP contribution in [0.1, 0.15) is 56.2 Å². The van der Waals surface area contributed by atoms with Gasteiger partial charge in [0.2, 0.25) is 0 Å². The van der Waals surface area contributed by atoms with Gasteiger partial charge in [-0.15, -0.1) is 10.2 Å². The van der Waals surface area contributed by atoms with Gasteiger partial charge in [-0.25, -0.2) is 0 Å². The molecule has 4 rings (SSSR count). The Morgan fingerprint density at radius 2 is 2.06 bits per heavy atom. The molecule has 0 radical (unpaired) electrons. The summed E-state index contributed by atoms with van der Waals surface area (Å²) in [7, 11) is 0. The van der Waals surface area contributed by atoms with Crippen LogP contribution in [0.4, 0.5) is 0 Å². The van der Waals surface area contributed by atoms with E-state index in [-0.39, 0.29) is 0 Å². The molecule has 1 aromatic rings. The maximum absolute atomic E-state index is 4.49. The van der Waals surface area contributed by atoms with Crippen molar-refractivity contribution in [1.82, 2.24) is 20.1 Å². The van der Waals surface area contributed by atoms with Crippen molar-refractivity contribution >= 4 is 0 Å². The zero-order valence-corrected chi connectivity index (χ0v) is 10.4. The smallest absolute Gasteiger partial charge is 0.150 e. The van der Waals surface area contributed by atoms with E-state index in [1.807, 2.05) is 0 Å². The van der Waals surface area contributed by atoms with E-state index in [1.54, 1.807) is 0 Å². The molecule has 1 N–H and O–H groups in total. The van der Waals surface area contributed by atoms with Crippen LogP contribution >= 0.6 is 0 Å². The fraction of sp³-hybridized carbons (Fsp3) is 0.846. The van der Waals surface area contributed by atoms with Crippen LogP contribution in [0.3, 0.4) is 0 Å². The molecule has 4 nitrogen and oxygen atoms in total. The maximum Gasteiger partial charge on any atom is 0.150 e. The number of rotatable bonds is 3. The summed E-state index contributed by atoms with van der Waals surface area (Å²) < 4.78 is 2.41. The standard InChI is InChI=1S/C13H20N4/c1-8(9-2-3-9)12-15-16-13-11(10-4-5-10)14-6-7-17(12)13/h8-11,14H,2-7H2,1H3. The Labute approximate surface area is 102 Å². The van der Waals surface area contributed by atoms with Crippen molar-refractivity contribution in [2.75, 3.05) is 6.54 Å². The highest BCUT2D eigenvalue weighted by Gasteiger charge is 2.39. The largest absolute Gasteiger partial charge is 0.312 e. The van der Waals surface area contributed by atoms with Gasteiger partial charge in [0, 0.05) is 19.0 Å². The first-order chi connectivity index (χ1) is 8.34. The van der Waals surface area contributed by atoms with Gasteiger partial charge in [0.15, 0.2) is 5.82 Å². The summed E-state index contributed by atoms with van der Waals surface area (Å²) in [5.74, 6) is 4.75. The molecular weight excluding hydrogens is 212 g/mol. The topological polar surface area (TPSA) is 42.7 Å². The Balaban J connectivity index is 1.68. The zero-order valence-electron chi connectivity index (χ0n) is 10.4. The van der Waals surface area contributed by atoms with Gasteiger partial charge in [-0.05, 0) is 37.5 Å². The second kappa shape index (κ2) is 3.55. The van der Waals surface area contributed by atoms with Crippen LogP contribution in [0.5, 0.6) is 0 Å². The van der Waals surface area contributed by atoms with E-state index in [0.29, 0.717) is 12.0 Å². The normalized spacial score (nSPS) is 30.1. The van der Waals surface area contributed by atoms with E-state index in [9.17, 15) is 0 Å². The summed E-state index contributed by atoms with van der Waals surface area (Å²) in [4.78, 5) is 0. The molecule has 0 aromatic carbocycles.